The number of fused-ring (bicyclic) bond motifs is 3. The van der Waals surface area contributed by atoms with Crippen LogP contribution in [-0.4, -0.2) is 43.1 Å². The Morgan fingerprint density at radius 2 is 1.51 bits per heavy atom. The number of alkyl carbamates (subject to hydrolysis) is 2. The van der Waals surface area contributed by atoms with Crippen LogP contribution < -0.4 is 10.6 Å². The van der Waals surface area contributed by atoms with E-state index in [0.29, 0.717) is 26.4 Å². The van der Waals surface area contributed by atoms with Gasteiger partial charge in [-0.3, -0.25) is 0 Å². The standard InChI is InChI=1S/C34H40N2O5/c1-33(2,3)41-32(38)36-34(23-39-21-24-12-5-4-6-13-24)20-25(34)14-11-19-35-31(37)40-22-30-28-17-9-7-15-26(28)27-16-8-10-18-29(27)30/h4-10,12-13,15-18,25,30H,11,14,19-23H2,1-3H3,(H,35,37)(H,36,38)/t25-,34+/m0/s1. The molecule has 2 N–H and O–H groups in total. The molecule has 2 amide bonds. The van der Waals surface area contributed by atoms with Gasteiger partial charge in [-0.15, -0.1) is 0 Å². The molecule has 7 heteroatoms. The van der Waals surface area contributed by atoms with Gasteiger partial charge < -0.3 is 24.8 Å². The number of carbonyl (C=O) groups is 2. The summed E-state index contributed by atoms with van der Waals surface area (Å²) in [5, 5.41) is 5.98. The monoisotopic (exact) mass is 556 g/mol. The van der Waals surface area contributed by atoms with E-state index in [-0.39, 0.29) is 11.8 Å². The number of ether oxygens (including phenoxy) is 3. The van der Waals surface area contributed by atoms with Crippen molar-refractivity contribution in [2.45, 2.75) is 63.7 Å². The fourth-order valence-corrected chi connectivity index (χ4v) is 5.75. The molecule has 7 nitrogen and oxygen atoms in total. The minimum Gasteiger partial charge on any atom is -0.449 e. The molecule has 2 aliphatic carbocycles. The summed E-state index contributed by atoms with van der Waals surface area (Å²) >= 11 is 0. The molecule has 2 aliphatic rings. The lowest BCUT2D eigenvalue weighted by Gasteiger charge is -2.24. The molecule has 1 saturated carbocycles. The van der Waals surface area contributed by atoms with E-state index in [1.807, 2.05) is 75.4 Å². The molecule has 0 aliphatic heterocycles. The van der Waals surface area contributed by atoms with Gasteiger partial charge in [0.1, 0.15) is 12.2 Å². The highest BCUT2D eigenvalue weighted by Gasteiger charge is 2.55. The van der Waals surface area contributed by atoms with E-state index in [2.05, 4.69) is 34.9 Å². The molecule has 0 heterocycles. The van der Waals surface area contributed by atoms with Crippen LogP contribution in [-0.2, 0) is 20.8 Å². The van der Waals surface area contributed by atoms with Crippen molar-refractivity contribution >= 4 is 12.2 Å². The third-order valence-corrected chi connectivity index (χ3v) is 7.80. The van der Waals surface area contributed by atoms with Gasteiger partial charge in [0.2, 0.25) is 0 Å². The van der Waals surface area contributed by atoms with E-state index in [1.165, 1.54) is 22.3 Å². The molecule has 5 rings (SSSR count). The van der Waals surface area contributed by atoms with Crippen molar-refractivity contribution in [1.82, 2.24) is 10.6 Å². The number of carbonyl (C=O) groups excluding carboxylic acids is 2. The minimum absolute atomic E-state index is 0.0371. The van der Waals surface area contributed by atoms with Crippen LogP contribution in [0.4, 0.5) is 9.59 Å². The van der Waals surface area contributed by atoms with Crippen LogP contribution in [0, 0.1) is 5.92 Å². The van der Waals surface area contributed by atoms with Gasteiger partial charge in [-0.2, -0.15) is 0 Å². The van der Waals surface area contributed by atoms with E-state index in [1.54, 1.807) is 0 Å². The van der Waals surface area contributed by atoms with Gasteiger partial charge in [-0.05, 0) is 73.8 Å². The number of nitrogens with one attached hydrogen (secondary N) is 2. The first kappa shape index (κ1) is 28.7. The lowest BCUT2D eigenvalue weighted by molar-refractivity contribution is 0.0385. The van der Waals surface area contributed by atoms with Crippen LogP contribution in [0.1, 0.15) is 62.6 Å². The van der Waals surface area contributed by atoms with Gasteiger partial charge in [0.15, 0.2) is 0 Å². The Morgan fingerprint density at radius 1 is 0.878 bits per heavy atom. The predicted octanol–water partition coefficient (Wildman–Crippen LogP) is 6.81. The molecule has 3 aromatic carbocycles. The Kier molecular flexibility index (Phi) is 8.64. The summed E-state index contributed by atoms with van der Waals surface area (Å²) in [5.74, 6) is 0.283. The van der Waals surface area contributed by atoms with Crippen molar-refractivity contribution in [3.63, 3.8) is 0 Å². The fraction of sp³-hybridized carbons (Fsp3) is 0.412. The normalized spacial score (nSPS) is 19.1. The Bertz CT molecular complexity index is 1310. The van der Waals surface area contributed by atoms with Crippen molar-refractivity contribution < 1.29 is 23.8 Å². The van der Waals surface area contributed by atoms with E-state index in [9.17, 15) is 9.59 Å². The molecule has 0 aromatic heterocycles. The van der Waals surface area contributed by atoms with Crippen molar-refractivity contribution in [3.05, 3.63) is 95.6 Å². The highest BCUT2D eigenvalue weighted by atomic mass is 16.6. The maximum absolute atomic E-state index is 12.6. The topological polar surface area (TPSA) is 85.9 Å². The van der Waals surface area contributed by atoms with Gasteiger partial charge in [0.05, 0.1) is 18.8 Å². The number of benzene rings is 3. The third-order valence-electron chi connectivity index (χ3n) is 7.80. The van der Waals surface area contributed by atoms with Crippen LogP contribution in [0.25, 0.3) is 11.1 Å². The average molecular weight is 557 g/mol. The van der Waals surface area contributed by atoms with E-state index < -0.39 is 23.3 Å². The number of hydrogen-bond acceptors (Lipinski definition) is 5. The number of amides is 2. The molecule has 3 aromatic rings. The zero-order valence-electron chi connectivity index (χ0n) is 24.2. The summed E-state index contributed by atoms with van der Waals surface area (Å²) in [6, 6.07) is 26.6. The SMILES string of the molecule is CC(C)(C)OC(=O)N[C@@]1(COCc2ccccc2)C[C@@H]1CCCNC(=O)OCC1c2ccccc2-c2ccccc21. The fourth-order valence-electron chi connectivity index (χ4n) is 5.75. The van der Waals surface area contributed by atoms with E-state index in [4.69, 9.17) is 14.2 Å². The highest BCUT2D eigenvalue weighted by molar-refractivity contribution is 5.79. The third kappa shape index (κ3) is 7.27. The molecular formula is C34H40N2O5. The van der Waals surface area contributed by atoms with Gasteiger partial charge in [-0.1, -0.05) is 78.9 Å². The maximum Gasteiger partial charge on any atom is 0.408 e. The average Bonchev–Trinajstić information content (AvgIpc) is 3.51. The molecule has 41 heavy (non-hydrogen) atoms. The zero-order valence-corrected chi connectivity index (χ0v) is 24.2. The van der Waals surface area contributed by atoms with Crippen molar-refractivity contribution in [2.24, 2.45) is 5.92 Å². The second-order valence-electron chi connectivity index (χ2n) is 12.1. The van der Waals surface area contributed by atoms with Gasteiger partial charge >= 0.3 is 12.2 Å². The van der Waals surface area contributed by atoms with Gasteiger partial charge in [-0.25, -0.2) is 9.59 Å². The first-order chi connectivity index (χ1) is 19.7. The lowest BCUT2D eigenvalue weighted by Crippen LogP contribution is -2.44. The molecular weight excluding hydrogens is 516 g/mol. The minimum atomic E-state index is -0.576. The van der Waals surface area contributed by atoms with Crippen LogP contribution >= 0.6 is 0 Å². The second kappa shape index (κ2) is 12.4. The van der Waals surface area contributed by atoms with Crippen LogP contribution in [0.3, 0.4) is 0 Å². The van der Waals surface area contributed by atoms with Crippen LogP contribution in [0.2, 0.25) is 0 Å². The largest absolute Gasteiger partial charge is 0.449 e. The Balaban J connectivity index is 1.08. The van der Waals surface area contributed by atoms with Gasteiger partial charge in [0.25, 0.3) is 0 Å². The van der Waals surface area contributed by atoms with Crippen LogP contribution in [0.5, 0.6) is 0 Å². The zero-order chi connectivity index (χ0) is 28.9. The molecule has 0 radical (unpaired) electrons. The molecule has 1 fully saturated rings. The molecule has 216 valence electrons. The summed E-state index contributed by atoms with van der Waals surface area (Å²) in [6.07, 6.45) is 1.58. The molecule has 2 atom stereocenters. The molecule has 0 bridgehead atoms. The van der Waals surface area contributed by atoms with Crippen molar-refractivity contribution in [1.29, 1.82) is 0 Å². The van der Waals surface area contributed by atoms with Crippen LogP contribution in [0.15, 0.2) is 78.9 Å². The smallest absolute Gasteiger partial charge is 0.408 e. The van der Waals surface area contributed by atoms with Gasteiger partial charge in [0, 0.05) is 12.5 Å². The van der Waals surface area contributed by atoms with Crippen molar-refractivity contribution in [2.75, 3.05) is 19.8 Å². The highest BCUT2D eigenvalue weighted by Crippen LogP contribution is 2.47. The first-order valence-electron chi connectivity index (χ1n) is 14.5. The number of rotatable bonds is 11. The lowest BCUT2D eigenvalue weighted by atomic mass is 9.98. The quantitative estimate of drug-likeness (QED) is 0.254. The Labute approximate surface area is 242 Å². The summed E-state index contributed by atoms with van der Waals surface area (Å²) < 4.78 is 17.2. The molecule has 0 spiro atoms. The summed E-state index contributed by atoms with van der Waals surface area (Å²) in [7, 11) is 0. The number of hydrogen-bond donors (Lipinski definition) is 2. The van der Waals surface area contributed by atoms with Crippen molar-refractivity contribution in [3.8, 4) is 11.1 Å². The molecule has 0 saturated heterocycles. The predicted molar refractivity (Wildman–Crippen MR) is 159 cm³/mol. The maximum atomic E-state index is 12.6. The van der Waals surface area contributed by atoms with E-state index in [0.717, 1.165) is 24.8 Å². The molecule has 0 unspecified atom stereocenters. The second-order valence-corrected chi connectivity index (χ2v) is 12.1. The first-order valence-corrected chi connectivity index (χ1v) is 14.5. The summed E-state index contributed by atoms with van der Waals surface area (Å²) in [5.41, 5.74) is 4.85. The van der Waals surface area contributed by atoms with E-state index >= 15 is 0 Å². The Morgan fingerprint density at radius 3 is 2.17 bits per heavy atom. The summed E-state index contributed by atoms with van der Waals surface area (Å²) in [6.45, 7) is 7.24. The Hall–Kier alpha value is -3.84. The summed E-state index contributed by atoms with van der Waals surface area (Å²) in [4.78, 5) is 25.1.